The van der Waals surface area contributed by atoms with Crippen LogP contribution >= 0.6 is 12.4 Å². The largest absolute Gasteiger partial charge is 0.473 e. The molecule has 0 bridgehead atoms. The van der Waals surface area contributed by atoms with Gasteiger partial charge in [-0.1, -0.05) is 6.08 Å². The van der Waals surface area contributed by atoms with Gasteiger partial charge in [-0.05, 0) is 37.1 Å². The van der Waals surface area contributed by atoms with Crippen LogP contribution in [0, 0.1) is 0 Å². The number of aromatic nitrogens is 1. The first-order valence-corrected chi connectivity index (χ1v) is 6.53. The minimum atomic E-state index is 0. The smallest absolute Gasteiger partial charge is 0.221 e. The number of nitrogens with zero attached hydrogens (tertiary/aromatic N) is 1. The molecule has 0 aromatic carbocycles. The zero-order valence-corrected chi connectivity index (χ0v) is 11.6. The molecule has 1 atom stereocenters. The van der Waals surface area contributed by atoms with E-state index < -0.39 is 0 Å². The molecule has 0 amide bonds. The summed E-state index contributed by atoms with van der Waals surface area (Å²) in [6.45, 7) is 3.42. The second kappa shape index (κ2) is 6.89. The van der Waals surface area contributed by atoms with Gasteiger partial charge < -0.3 is 14.8 Å². The first kappa shape index (κ1) is 14.3. The van der Waals surface area contributed by atoms with Gasteiger partial charge in [-0.3, -0.25) is 0 Å². The van der Waals surface area contributed by atoms with E-state index in [4.69, 9.17) is 9.47 Å². The molecule has 0 radical (unpaired) electrons. The van der Waals surface area contributed by atoms with Crippen LogP contribution < -0.4 is 10.1 Å². The van der Waals surface area contributed by atoms with E-state index in [0.717, 1.165) is 44.0 Å². The Hall–Kier alpha value is -1.10. The maximum absolute atomic E-state index is 6.00. The summed E-state index contributed by atoms with van der Waals surface area (Å²) >= 11 is 0. The minimum absolute atomic E-state index is 0. The average molecular weight is 283 g/mol. The van der Waals surface area contributed by atoms with Gasteiger partial charge in [0.05, 0.1) is 13.2 Å². The van der Waals surface area contributed by atoms with E-state index in [1.807, 2.05) is 6.07 Å². The summed E-state index contributed by atoms with van der Waals surface area (Å²) in [7, 11) is 0. The molecule has 0 spiro atoms. The molecule has 0 aliphatic carbocycles. The van der Waals surface area contributed by atoms with Crippen LogP contribution in [0.25, 0.3) is 5.57 Å². The molecule has 1 saturated heterocycles. The Morgan fingerprint density at radius 2 is 2.37 bits per heavy atom. The van der Waals surface area contributed by atoms with Crippen molar-refractivity contribution in [1.82, 2.24) is 10.3 Å². The van der Waals surface area contributed by atoms with E-state index >= 15 is 0 Å². The van der Waals surface area contributed by atoms with Gasteiger partial charge in [0.15, 0.2) is 0 Å². The summed E-state index contributed by atoms with van der Waals surface area (Å²) in [6, 6.07) is 4.05. The first-order valence-electron chi connectivity index (χ1n) is 6.53. The summed E-state index contributed by atoms with van der Waals surface area (Å²) in [4.78, 5) is 4.39. The molecular formula is C14H19ClN2O2. The molecule has 1 aromatic rings. The predicted octanol–water partition coefficient (Wildman–Crippen LogP) is 2.05. The van der Waals surface area contributed by atoms with Crippen molar-refractivity contribution >= 4 is 18.0 Å². The van der Waals surface area contributed by atoms with Crippen molar-refractivity contribution in [3.8, 4) is 5.88 Å². The molecule has 1 N–H and O–H groups in total. The zero-order valence-electron chi connectivity index (χ0n) is 10.8. The highest BCUT2D eigenvalue weighted by molar-refractivity contribution is 5.85. The van der Waals surface area contributed by atoms with Crippen LogP contribution in [-0.4, -0.2) is 37.4 Å². The number of hydrogen-bond acceptors (Lipinski definition) is 4. The lowest BCUT2D eigenvalue weighted by atomic mass is 10.0. The quantitative estimate of drug-likeness (QED) is 0.921. The maximum atomic E-state index is 6.00. The number of ether oxygens (including phenoxy) is 2. The van der Waals surface area contributed by atoms with Crippen molar-refractivity contribution in [3.63, 3.8) is 0 Å². The molecule has 2 aliphatic rings. The van der Waals surface area contributed by atoms with E-state index in [-0.39, 0.29) is 18.5 Å². The average Bonchev–Trinajstić information content (AvgIpc) is 2.93. The summed E-state index contributed by atoms with van der Waals surface area (Å²) in [5.41, 5.74) is 2.41. The molecule has 4 nitrogen and oxygen atoms in total. The van der Waals surface area contributed by atoms with Crippen LogP contribution in [0.2, 0.25) is 0 Å². The Morgan fingerprint density at radius 3 is 3.11 bits per heavy atom. The van der Waals surface area contributed by atoms with Crippen LogP contribution in [0.3, 0.4) is 0 Å². The van der Waals surface area contributed by atoms with Crippen LogP contribution in [0.1, 0.15) is 18.4 Å². The molecular weight excluding hydrogens is 264 g/mol. The van der Waals surface area contributed by atoms with Crippen LogP contribution in [-0.2, 0) is 4.74 Å². The monoisotopic (exact) mass is 282 g/mol. The summed E-state index contributed by atoms with van der Waals surface area (Å²) < 4.78 is 11.4. The Balaban J connectivity index is 0.00000133. The number of halogens is 1. The SMILES string of the molecule is C1=C(c2cccnc2OC2CCNC2)CCOC1.Cl. The highest BCUT2D eigenvalue weighted by Gasteiger charge is 2.19. The van der Waals surface area contributed by atoms with E-state index in [2.05, 4.69) is 22.4 Å². The lowest BCUT2D eigenvalue weighted by Gasteiger charge is -2.18. The van der Waals surface area contributed by atoms with Crippen molar-refractivity contribution in [1.29, 1.82) is 0 Å². The normalized spacial score (nSPS) is 22.5. The third kappa shape index (κ3) is 3.47. The topological polar surface area (TPSA) is 43.4 Å². The standard InChI is InChI=1S/C14H18N2O2.ClH/c1-2-13(11-4-8-17-9-5-11)14(16-6-1)18-12-3-7-15-10-12;/h1-2,4,6,12,15H,3,5,7-10H2;1H. The van der Waals surface area contributed by atoms with Gasteiger partial charge in [0.1, 0.15) is 6.10 Å². The van der Waals surface area contributed by atoms with Gasteiger partial charge in [-0.2, -0.15) is 0 Å². The molecule has 1 fully saturated rings. The van der Waals surface area contributed by atoms with Gasteiger partial charge in [0, 0.05) is 18.3 Å². The lowest BCUT2D eigenvalue weighted by Crippen LogP contribution is -2.20. The molecule has 19 heavy (non-hydrogen) atoms. The van der Waals surface area contributed by atoms with Crippen molar-refractivity contribution < 1.29 is 9.47 Å². The van der Waals surface area contributed by atoms with Crippen molar-refractivity contribution in [2.24, 2.45) is 0 Å². The molecule has 3 heterocycles. The number of rotatable bonds is 3. The summed E-state index contributed by atoms with van der Waals surface area (Å²) in [5, 5.41) is 3.30. The van der Waals surface area contributed by atoms with E-state index in [9.17, 15) is 0 Å². The van der Waals surface area contributed by atoms with Crippen LogP contribution in [0.15, 0.2) is 24.4 Å². The van der Waals surface area contributed by atoms with Gasteiger partial charge in [0.2, 0.25) is 5.88 Å². The van der Waals surface area contributed by atoms with E-state index in [1.54, 1.807) is 6.20 Å². The fourth-order valence-corrected chi connectivity index (χ4v) is 2.39. The first-order chi connectivity index (χ1) is 8.93. The Labute approximate surface area is 119 Å². The Morgan fingerprint density at radius 1 is 1.42 bits per heavy atom. The Bertz CT molecular complexity index is 445. The lowest BCUT2D eigenvalue weighted by molar-refractivity contribution is 0.161. The second-order valence-corrected chi connectivity index (χ2v) is 4.64. The summed E-state index contributed by atoms with van der Waals surface area (Å²) in [6.07, 6.45) is 6.16. The fraction of sp³-hybridized carbons (Fsp3) is 0.500. The highest BCUT2D eigenvalue weighted by Crippen LogP contribution is 2.28. The van der Waals surface area contributed by atoms with Gasteiger partial charge in [-0.15, -0.1) is 12.4 Å². The maximum Gasteiger partial charge on any atom is 0.221 e. The van der Waals surface area contributed by atoms with E-state index in [0.29, 0.717) is 6.61 Å². The molecule has 1 unspecified atom stereocenters. The van der Waals surface area contributed by atoms with Gasteiger partial charge in [-0.25, -0.2) is 4.98 Å². The third-order valence-corrected chi connectivity index (χ3v) is 3.37. The van der Waals surface area contributed by atoms with E-state index in [1.165, 1.54) is 5.57 Å². The molecule has 104 valence electrons. The molecule has 3 rings (SSSR count). The highest BCUT2D eigenvalue weighted by atomic mass is 35.5. The minimum Gasteiger partial charge on any atom is -0.473 e. The number of nitrogens with one attached hydrogen (secondary N) is 1. The Kier molecular flexibility index (Phi) is 5.19. The van der Waals surface area contributed by atoms with Crippen molar-refractivity contribution in [2.75, 3.05) is 26.3 Å². The number of pyridine rings is 1. The van der Waals surface area contributed by atoms with Crippen molar-refractivity contribution in [3.05, 3.63) is 30.0 Å². The third-order valence-electron chi connectivity index (χ3n) is 3.37. The molecule has 2 aliphatic heterocycles. The zero-order chi connectivity index (χ0) is 12.2. The van der Waals surface area contributed by atoms with Gasteiger partial charge in [0.25, 0.3) is 0 Å². The van der Waals surface area contributed by atoms with Crippen LogP contribution in [0.4, 0.5) is 0 Å². The predicted molar refractivity (Wildman–Crippen MR) is 76.8 cm³/mol. The van der Waals surface area contributed by atoms with Gasteiger partial charge >= 0.3 is 0 Å². The second-order valence-electron chi connectivity index (χ2n) is 4.64. The number of hydrogen-bond donors (Lipinski definition) is 1. The van der Waals surface area contributed by atoms with Crippen LogP contribution in [0.5, 0.6) is 5.88 Å². The fourth-order valence-electron chi connectivity index (χ4n) is 2.39. The van der Waals surface area contributed by atoms with Crippen molar-refractivity contribution in [2.45, 2.75) is 18.9 Å². The molecule has 0 saturated carbocycles. The summed E-state index contributed by atoms with van der Waals surface area (Å²) in [5.74, 6) is 0.763. The molecule has 5 heteroatoms. The molecule has 1 aromatic heterocycles.